The molecule has 1 rings (SSSR count). The number of hydrogen-bond acceptors (Lipinski definition) is 3. The Hall–Kier alpha value is -1.88. The molecule has 16 heavy (non-hydrogen) atoms. The maximum atomic E-state index is 11.6. The number of likely N-dealkylation sites (N-methyl/N-ethyl adjacent to an activating group) is 1. The van der Waals surface area contributed by atoms with Crippen LogP contribution in [-0.4, -0.2) is 25.4 Å². The van der Waals surface area contributed by atoms with Crippen molar-refractivity contribution in [3.05, 3.63) is 35.4 Å². The Bertz CT molecular complexity index is 391. The summed E-state index contributed by atoms with van der Waals surface area (Å²) in [5, 5.41) is 4.93. The minimum Gasteiger partial charge on any atom is -0.358 e. The van der Waals surface area contributed by atoms with E-state index in [-0.39, 0.29) is 18.4 Å². The quantitative estimate of drug-likeness (QED) is 0.648. The highest BCUT2D eigenvalue weighted by atomic mass is 16.2. The standard InChI is InChI=1S/C11H15N3O2/c1-13-10(15)7-14-11(16)9-4-2-3-8(5-9)6-12/h2-5H,6-7,12H2,1H3,(H,13,15)(H,14,16). The predicted octanol–water partition coefficient (Wildman–Crippen LogP) is -0.379. The molecule has 0 heterocycles. The lowest BCUT2D eigenvalue weighted by Crippen LogP contribution is -2.35. The molecule has 0 saturated carbocycles. The molecule has 0 saturated heterocycles. The summed E-state index contributed by atoms with van der Waals surface area (Å²) in [5.74, 6) is -0.512. The van der Waals surface area contributed by atoms with Crippen LogP contribution in [0.25, 0.3) is 0 Å². The molecule has 86 valence electrons. The Morgan fingerprint density at radius 3 is 2.75 bits per heavy atom. The molecule has 0 aliphatic heterocycles. The Kier molecular flexibility index (Phi) is 4.47. The first kappa shape index (κ1) is 12.2. The van der Waals surface area contributed by atoms with Crippen LogP contribution in [0.2, 0.25) is 0 Å². The fraction of sp³-hybridized carbons (Fsp3) is 0.273. The lowest BCUT2D eigenvalue weighted by Gasteiger charge is -2.05. The normalized spacial score (nSPS) is 9.62. The van der Waals surface area contributed by atoms with Gasteiger partial charge in [0.05, 0.1) is 6.54 Å². The van der Waals surface area contributed by atoms with Crippen LogP contribution >= 0.6 is 0 Å². The smallest absolute Gasteiger partial charge is 0.251 e. The number of nitrogens with two attached hydrogens (primary N) is 1. The molecular formula is C11H15N3O2. The van der Waals surface area contributed by atoms with E-state index in [1.165, 1.54) is 7.05 Å². The van der Waals surface area contributed by atoms with Crippen molar-refractivity contribution in [2.75, 3.05) is 13.6 Å². The zero-order valence-electron chi connectivity index (χ0n) is 9.12. The topological polar surface area (TPSA) is 84.2 Å². The second kappa shape index (κ2) is 5.87. The van der Waals surface area contributed by atoms with Gasteiger partial charge in [-0.3, -0.25) is 9.59 Å². The molecular weight excluding hydrogens is 206 g/mol. The van der Waals surface area contributed by atoms with E-state index in [9.17, 15) is 9.59 Å². The third-order valence-corrected chi connectivity index (χ3v) is 2.11. The summed E-state index contributed by atoms with van der Waals surface area (Å²) in [4.78, 5) is 22.5. The minimum absolute atomic E-state index is 0.0256. The van der Waals surface area contributed by atoms with Crippen LogP contribution in [0.4, 0.5) is 0 Å². The molecule has 0 bridgehead atoms. The summed E-state index contributed by atoms with van der Waals surface area (Å²) in [6.07, 6.45) is 0. The second-order valence-electron chi connectivity index (χ2n) is 3.26. The molecule has 5 heteroatoms. The van der Waals surface area contributed by atoms with Gasteiger partial charge < -0.3 is 16.4 Å². The van der Waals surface area contributed by atoms with Crippen LogP contribution in [0.3, 0.4) is 0 Å². The van der Waals surface area contributed by atoms with Crippen molar-refractivity contribution in [1.29, 1.82) is 0 Å². The molecule has 1 aromatic rings. The second-order valence-corrected chi connectivity index (χ2v) is 3.26. The van der Waals surface area contributed by atoms with Gasteiger partial charge in [0.25, 0.3) is 5.91 Å². The zero-order valence-corrected chi connectivity index (χ0v) is 9.12. The molecule has 0 radical (unpaired) electrons. The van der Waals surface area contributed by atoms with Gasteiger partial charge >= 0.3 is 0 Å². The summed E-state index contributed by atoms with van der Waals surface area (Å²) in [6, 6.07) is 6.99. The van der Waals surface area contributed by atoms with Crippen molar-refractivity contribution >= 4 is 11.8 Å². The molecule has 0 aromatic heterocycles. The Balaban J connectivity index is 2.62. The minimum atomic E-state index is -0.279. The molecule has 4 N–H and O–H groups in total. The average molecular weight is 221 g/mol. The number of benzene rings is 1. The third kappa shape index (κ3) is 3.36. The molecule has 1 aromatic carbocycles. The van der Waals surface area contributed by atoms with E-state index in [0.717, 1.165) is 5.56 Å². The van der Waals surface area contributed by atoms with Crippen molar-refractivity contribution in [3.8, 4) is 0 Å². The molecule has 0 spiro atoms. The summed E-state index contributed by atoms with van der Waals surface area (Å²) < 4.78 is 0. The van der Waals surface area contributed by atoms with Gasteiger partial charge in [-0.1, -0.05) is 12.1 Å². The largest absolute Gasteiger partial charge is 0.358 e. The molecule has 0 aliphatic carbocycles. The van der Waals surface area contributed by atoms with Crippen LogP contribution < -0.4 is 16.4 Å². The van der Waals surface area contributed by atoms with Crippen LogP contribution in [0.5, 0.6) is 0 Å². The van der Waals surface area contributed by atoms with Crippen molar-refractivity contribution in [2.45, 2.75) is 6.54 Å². The van der Waals surface area contributed by atoms with E-state index < -0.39 is 0 Å². The highest BCUT2D eigenvalue weighted by molar-refractivity contribution is 5.96. The van der Waals surface area contributed by atoms with Gasteiger partial charge in [-0.25, -0.2) is 0 Å². The van der Waals surface area contributed by atoms with Gasteiger partial charge in [0, 0.05) is 19.2 Å². The van der Waals surface area contributed by atoms with Crippen LogP contribution in [0.15, 0.2) is 24.3 Å². The van der Waals surface area contributed by atoms with Crippen LogP contribution in [-0.2, 0) is 11.3 Å². The first-order valence-corrected chi connectivity index (χ1v) is 4.95. The van der Waals surface area contributed by atoms with Crippen molar-refractivity contribution < 1.29 is 9.59 Å². The third-order valence-electron chi connectivity index (χ3n) is 2.11. The zero-order chi connectivity index (χ0) is 12.0. The van der Waals surface area contributed by atoms with Crippen molar-refractivity contribution in [2.24, 2.45) is 5.73 Å². The summed E-state index contributed by atoms with van der Waals surface area (Å²) in [5.41, 5.74) is 6.86. The lowest BCUT2D eigenvalue weighted by atomic mass is 10.1. The van der Waals surface area contributed by atoms with E-state index in [1.807, 2.05) is 6.07 Å². The molecule has 0 atom stereocenters. The number of rotatable bonds is 4. The number of nitrogens with one attached hydrogen (secondary N) is 2. The Labute approximate surface area is 94.0 Å². The van der Waals surface area contributed by atoms with Crippen molar-refractivity contribution in [3.63, 3.8) is 0 Å². The van der Waals surface area contributed by atoms with E-state index in [1.54, 1.807) is 18.2 Å². The number of amides is 2. The van der Waals surface area contributed by atoms with E-state index in [2.05, 4.69) is 10.6 Å². The van der Waals surface area contributed by atoms with E-state index in [4.69, 9.17) is 5.73 Å². The Morgan fingerprint density at radius 2 is 2.12 bits per heavy atom. The van der Waals surface area contributed by atoms with Gasteiger partial charge in [0.15, 0.2) is 0 Å². The monoisotopic (exact) mass is 221 g/mol. The first-order chi connectivity index (χ1) is 7.67. The number of carbonyl (C=O) groups is 2. The maximum Gasteiger partial charge on any atom is 0.251 e. The van der Waals surface area contributed by atoms with Gasteiger partial charge in [0.1, 0.15) is 0 Å². The van der Waals surface area contributed by atoms with Gasteiger partial charge in [-0.05, 0) is 17.7 Å². The number of carbonyl (C=O) groups excluding carboxylic acids is 2. The molecule has 0 unspecified atom stereocenters. The Morgan fingerprint density at radius 1 is 1.38 bits per heavy atom. The van der Waals surface area contributed by atoms with E-state index >= 15 is 0 Å². The molecule has 2 amide bonds. The first-order valence-electron chi connectivity index (χ1n) is 4.95. The SMILES string of the molecule is CNC(=O)CNC(=O)c1cccc(CN)c1. The van der Waals surface area contributed by atoms with Gasteiger partial charge in [-0.15, -0.1) is 0 Å². The van der Waals surface area contributed by atoms with Gasteiger partial charge in [0.2, 0.25) is 5.91 Å². The molecule has 0 aliphatic rings. The molecule has 5 nitrogen and oxygen atoms in total. The maximum absolute atomic E-state index is 11.6. The lowest BCUT2D eigenvalue weighted by molar-refractivity contribution is -0.119. The van der Waals surface area contributed by atoms with Crippen LogP contribution in [0.1, 0.15) is 15.9 Å². The summed E-state index contributed by atoms with van der Waals surface area (Å²) in [7, 11) is 1.52. The predicted molar refractivity (Wildman–Crippen MR) is 60.7 cm³/mol. The fourth-order valence-electron chi connectivity index (χ4n) is 1.19. The van der Waals surface area contributed by atoms with E-state index in [0.29, 0.717) is 12.1 Å². The highest BCUT2D eigenvalue weighted by Gasteiger charge is 2.06. The van der Waals surface area contributed by atoms with Crippen LogP contribution in [0, 0.1) is 0 Å². The highest BCUT2D eigenvalue weighted by Crippen LogP contribution is 2.04. The molecule has 0 fully saturated rings. The summed E-state index contributed by atoms with van der Waals surface area (Å²) in [6.45, 7) is 0.360. The summed E-state index contributed by atoms with van der Waals surface area (Å²) >= 11 is 0. The van der Waals surface area contributed by atoms with Gasteiger partial charge in [-0.2, -0.15) is 0 Å². The van der Waals surface area contributed by atoms with Crippen molar-refractivity contribution in [1.82, 2.24) is 10.6 Å². The fourth-order valence-corrected chi connectivity index (χ4v) is 1.19. The number of hydrogen-bond donors (Lipinski definition) is 3. The average Bonchev–Trinajstić information content (AvgIpc) is 2.35.